The van der Waals surface area contributed by atoms with Crippen LogP contribution in [0.3, 0.4) is 0 Å². The molecule has 4 heteroatoms. The Hall–Kier alpha value is -2.10. The summed E-state index contributed by atoms with van der Waals surface area (Å²) in [6.07, 6.45) is 20.9. The van der Waals surface area contributed by atoms with E-state index in [-0.39, 0.29) is 12.5 Å². The lowest BCUT2D eigenvalue weighted by Gasteiger charge is -2.20. The SMILES string of the molecule is CCCCCCCCC=CCCCCCCCC(=O)N(CC(=O)O)c1ccccc1. The molecule has 0 bridgehead atoms. The van der Waals surface area contributed by atoms with Crippen molar-refractivity contribution >= 4 is 17.6 Å². The molecule has 1 aromatic carbocycles. The van der Waals surface area contributed by atoms with Crippen LogP contribution in [0.25, 0.3) is 0 Å². The van der Waals surface area contributed by atoms with E-state index in [4.69, 9.17) is 5.11 Å². The van der Waals surface area contributed by atoms with Gasteiger partial charge in [-0.25, -0.2) is 0 Å². The molecule has 0 aliphatic heterocycles. The molecule has 1 amide bonds. The summed E-state index contributed by atoms with van der Waals surface area (Å²) >= 11 is 0. The van der Waals surface area contributed by atoms with Gasteiger partial charge in [0.2, 0.25) is 5.91 Å². The molecule has 0 aliphatic rings. The molecule has 1 rings (SSSR count). The predicted molar refractivity (Wildman–Crippen MR) is 126 cm³/mol. The Morgan fingerprint density at radius 2 is 1.33 bits per heavy atom. The van der Waals surface area contributed by atoms with Gasteiger partial charge in [-0.05, 0) is 44.2 Å². The zero-order valence-corrected chi connectivity index (χ0v) is 18.9. The number of para-hydroxylation sites is 1. The van der Waals surface area contributed by atoms with Crippen LogP contribution in [0.4, 0.5) is 5.69 Å². The number of carbonyl (C=O) groups is 2. The fourth-order valence-corrected chi connectivity index (χ4v) is 3.55. The van der Waals surface area contributed by atoms with E-state index in [1.165, 1.54) is 62.7 Å². The Balaban J connectivity index is 2.06. The first-order valence-corrected chi connectivity index (χ1v) is 11.9. The summed E-state index contributed by atoms with van der Waals surface area (Å²) in [6.45, 7) is 1.97. The average molecular weight is 416 g/mol. The first kappa shape index (κ1) is 25.9. The molecule has 0 unspecified atom stereocenters. The number of carboxylic acid groups (broad SMARTS) is 1. The van der Waals surface area contributed by atoms with Crippen molar-refractivity contribution in [1.29, 1.82) is 0 Å². The quantitative estimate of drug-likeness (QED) is 0.205. The number of anilines is 1. The molecule has 1 aromatic rings. The van der Waals surface area contributed by atoms with Gasteiger partial charge < -0.3 is 10.0 Å². The fourth-order valence-electron chi connectivity index (χ4n) is 3.55. The van der Waals surface area contributed by atoms with E-state index in [0.29, 0.717) is 12.1 Å². The highest BCUT2D eigenvalue weighted by Gasteiger charge is 2.17. The fraction of sp³-hybridized carbons (Fsp3) is 0.615. The highest BCUT2D eigenvalue weighted by atomic mass is 16.4. The van der Waals surface area contributed by atoms with Crippen molar-refractivity contribution in [3.8, 4) is 0 Å². The Morgan fingerprint density at radius 3 is 1.90 bits per heavy atom. The van der Waals surface area contributed by atoms with Gasteiger partial charge >= 0.3 is 5.97 Å². The maximum Gasteiger partial charge on any atom is 0.323 e. The third-order valence-corrected chi connectivity index (χ3v) is 5.31. The summed E-state index contributed by atoms with van der Waals surface area (Å²) in [5.41, 5.74) is 0.651. The van der Waals surface area contributed by atoms with E-state index in [2.05, 4.69) is 19.1 Å². The third-order valence-electron chi connectivity index (χ3n) is 5.31. The largest absolute Gasteiger partial charge is 0.480 e. The number of benzene rings is 1. The monoisotopic (exact) mass is 415 g/mol. The van der Waals surface area contributed by atoms with Crippen LogP contribution in [-0.2, 0) is 9.59 Å². The van der Waals surface area contributed by atoms with E-state index < -0.39 is 5.97 Å². The van der Waals surface area contributed by atoms with Crippen LogP contribution in [0.2, 0.25) is 0 Å². The summed E-state index contributed by atoms with van der Waals surface area (Å²) < 4.78 is 0. The minimum absolute atomic E-state index is 0.110. The van der Waals surface area contributed by atoms with Crippen molar-refractivity contribution in [2.75, 3.05) is 11.4 Å². The summed E-state index contributed by atoms with van der Waals surface area (Å²) in [5, 5.41) is 9.10. The maximum atomic E-state index is 12.5. The van der Waals surface area contributed by atoms with E-state index in [0.717, 1.165) is 25.7 Å². The molecular weight excluding hydrogens is 374 g/mol. The number of aliphatic carboxylic acids is 1. The van der Waals surface area contributed by atoms with Crippen LogP contribution in [0.15, 0.2) is 42.5 Å². The number of allylic oxidation sites excluding steroid dienone is 2. The number of unbranched alkanes of at least 4 members (excludes halogenated alkanes) is 11. The predicted octanol–water partition coefficient (Wildman–Crippen LogP) is 7.14. The van der Waals surface area contributed by atoms with Crippen molar-refractivity contribution < 1.29 is 14.7 Å². The standard InChI is InChI=1S/C26H41NO3/c1-2-3-4-5-6-7-8-9-10-11-12-13-14-15-19-22-25(28)27(23-26(29)30)24-20-17-16-18-21-24/h9-10,16-18,20-21H,2-8,11-15,19,22-23H2,1H3,(H,29,30). The smallest absolute Gasteiger partial charge is 0.323 e. The van der Waals surface area contributed by atoms with Crippen LogP contribution < -0.4 is 4.90 Å². The lowest BCUT2D eigenvalue weighted by molar-refractivity contribution is -0.136. The molecule has 0 aromatic heterocycles. The number of hydrogen-bond acceptors (Lipinski definition) is 2. The van der Waals surface area contributed by atoms with Crippen molar-refractivity contribution in [3.63, 3.8) is 0 Å². The van der Waals surface area contributed by atoms with Crippen LogP contribution >= 0.6 is 0 Å². The minimum atomic E-state index is -0.989. The Bertz CT molecular complexity index is 598. The Morgan fingerprint density at radius 1 is 0.800 bits per heavy atom. The second kappa shape index (κ2) is 17.7. The molecule has 1 N–H and O–H groups in total. The second-order valence-corrected chi connectivity index (χ2v) is 8.04. The van der Waals surface area contributed by atoms with Crippen molar-refractivity contribution in [3.05, 3.63) is 42.5 Å². The van der Waals surface area contributed by atoms with Crippen LogP contribution in [0.5, 0.6) is 0 Å². The highest BCUT2D eigenvalue weighted by Crippen LogP contribution is 2.16. The van der Waals surface area contributed by atoms with E-state index >= 15 is 0 Å². The van der Waals surface area contributed by atoms with Crippen LogP contribution in [0, 0.1) is 0 Å². The molecule has 0 atom stereocenters. The molecule has 0 fully saturated rings. The molecule has 0 saturated carbocycles. The number of nitrogens with zero attached hydrogens (tertiary/aromatic N) is 1. The van der Waals surface area contributed by atoms with Gasteiger partial charge in [0.1, 0.15) is 6.54 Å². The van der Waals surface area contributed by atoms with E-state index in [1.54, 1.807) is 12.1 Å². The molecular formula is C26H41NO3. The minimum Gasteiger partial charge on any atom is -0.480 e. The third kappa shape index (κ3) is 13.2. The maximum absolute atomic E-state index is 12.5. The molecule has 0 spiro atoms. The van der Waals surface area contributed by atoms with Crippen LogP contribution in [0.1, 0.15) is 96.8 Å². The number of rotatable bonds is 18. The number of hydrogen-bond donors (Lipinski definition) is 1. The zero-order valence-electron chi connectivity index (χ0n) is 18.9. The summed E-state index contributed by atoms with van der Waals surface area (Å²) in [6, 6.07) is 9.05. The van der Waals surface area contributed by atoms with Gasteiger partial charge in [-0.1, -0.05) is 88.6 Å². The molecule has 0 saturated heterocycles. The average Bonchev–Trinajstić information content (AvgIpc) is 2.75. The Kier molecular flexibility index (Phi) is 15.3. The van der Waals surface area contributed by atoms with Gasteiger partial charge in [0.25, 0.3) is 0 Å². The lowest BCUT2D eigenvalue weighted by Crippen LogP contribution is -2.35. The van der Waals surface area contributed by atoms with E-state index in [1.807, 2.05) is 18.2 Å². The molecule has 168 valence electrons. The first-order valence-electron chi connectivity index (χ1n) is 11.9. The topological polar surface area (TPSA) is 57.6 Å². The second-order valence-electron chi connectivity index (χ2n) is 8.04. The number of carboxylic acids is 1. The van der Waals surface area contributed by atoms with Crippen molar-refractivity contribution in [1.82, 2.24) is 0 Å². The van der Waals surface area contributed by atoms with Gasteiger partial charge in [-0.2, -0.15) is 0 Å². The van der Waals surface area contributed by atoms with Gasteiger partial charge in [0, 0.05) is 12.1 Å². The summed E-state index contributed by atoms with van der Waals surface area (Å²) in [5.74, 6) is -1.10. The lowest BCUT2D eigenvalue weighted by atomic mass is 10.1. The molecule has 4 nitrogen and oxygen atoms in total. The summed E-state index contributed by atoms with van der Waals surface area (Å²) in [4.78, 5) is 24.9. The molecule has 0 heterocycles. The zero-order chi connectivity index (χ0) is 21.9. The number of amides is 1. The molecule has 30 heavy (non-hydrogen) atoms. The van der Waals surface area contributed by atoms with E-state index in [9.17, 15) is 9.59 Å². The summed E-state index contributed by atoms with van der Waals surface area (Å²) in [7, 11) is 0. The first-order chi connectivity index (χ1) is 14.6. The molecule has 0 aliphatic carbocycles. The van der Waals surface area contributed by atoms with Gasteiger partial charge in [-0.3, -0.25) is 9.59 Å². The van der Waals surface area contributed by atoms with Gasteiger partial charge in [-0.15, -0.1) is 0 Å². The van der Waals surface area contributed by atoms with Gasteiger partial charge in [0.15, 0.2) is 0 Å². The number of carbonyl (C=O) groups excluding carboxylic acids is 1. The normalized spacial score (nSPS) is 11.1. The highest BCUT2D eigenvalue weighted by molar-refractivity contribution is 5.97. The van der Waals surface area contributed by atoms with Crippen LogP contribution in [-0.4, -0.2) is 23.5 Å². The van der Waals surface area contributed by atoms with Gasteiger partial charge in [0.05, 0.1) is 0 Å². The van der Waals surface area contributed by atoms with Crippen molar-refractivity contribution in [2.24, 2.45) is 0 Å². The molecule has 0 radical (unpaired) electrons. The Labute approximate surface area is 183 Å². The van der Waals surface area contributed by atoms with Crippen molar-refractivity contribution in [2.45, 2.75) is 96.8 Å².